The molecule has 4 heterocycles. The summed E-state index contributed by atoms with van der Waals surface area (Å²) in [6.45, 7) is 5.89. The molecule has 2 atom stereocenters. The predicted octanol–water partition coefficient (Wildman–Crippen LogP) is -1.30. The molecule has 0 spiro atoms. The molecule has 16 nitrogen and oxygen atoms in total. The molecule has 1 aromatic carbocycles. The number of fused-ring (bicyclic) bond motifs is 2. The molecule has 5 aromatic rings. The lowest BCUT2D eigenvalue weighted by molar-refractivity contribution is 0.353. The van der Waals surface area contributed by atoms with E-state index >= 15 is 0 Å². The van der Waals surface area contributed by atoms with Crippen molar-refractivity contribution in [3.63, 3.8) is 0 Å². The van der Waals surface area contributed by atoms with Crippen molar-refractivity contribution in [1.82, 2.24) is 70.4 Å². The van der Waals surface area contributed by atoms with Crippen LogP contribution in [0.5, 0.6) is 0 Å². The predicted molar refractivity (Wildman–Crippen MR) is 111 cm³/mol. The lowest BCUT2D eigenvalue weighted by atomic mass is 10.1. The molecule has 0 fully saturated rings. The molecule has 0 bridgehead atoms. The maximum Gasteiger partial charge on any atom is 0.277 e. The summed E-state index contributed by atoms with van der Waals surface area (Å²) >= 11 is 0. The Kier molecular flexibility index (Phi) is 4.87. The zero-order chi connectivity index (χ0) is 23.1. The number of nitrogens with zero attached hydrogens (tertiary/aromatic N) is 14. The monoisotopic (exact) mass is 450 g/mol. The van der Waals surface area contributed by atoms with Crippen molar-refractivity contribution in [3.8, 4) is 0 Å². The van der Waals surface area contributed by atoms with Crippen LogP contribution in [-0.4, -0.2) is 70.4 Å². The summed E-state index contributed by atoms with van der Waals surface area (Å²) < 4.78 is 2.48. The van der Waals surface area contributed by atoms with Crippen molar-refractivity contribution in [2.24, 2.45) is 0 Å². The summed E-state index contributed by atoms with van der Waals surface area (Å²) in [6.07, 6.45) is 1.31. The van der Waals surface area contributed by atoms with E-state index in [1.165, 1.54) is 37.4 Å². The number of hydrogen-bond acceptors (Lipinski definition) is 12. The summed E-state index contributed by atoms with van der Waals surface area (Å²) in [7, 11) is 0. The molecular weight excluding hydrogens is 432 g/mol. The molecule has 0 amide bonds. The van der Waals surface area contributed by atoms with Gasteiger partial charge in [0.2, 0.25) is 0 Å². The fourth-order valence-corrected chi connectivity index (χ4v) is 3.48. The largest absolute Gasteiger partial charge is 0.277 e. The van der Waals surface area contributed by atoms with Crippen molar-refractivity contribution in [2.45, 2.75) is 45.9 Å². The highest BCUT2D eigenvalue weighted by Crippen LogP contribution is 2.15. The van der Waals surface area contributed by atoms with Crippen molar-refractivity contribution >= 4 is 21.8 Å². The number of benzene rings is 1. The van der Waals surface area contributed by atoms with E-state index in [0.717, 1.165) is 0 Å². The van der Waals surface area contributed by atoms with E-state index in [1.807, 2.05) is 0 Å². The van der Waals surface area contributed by atoms with Crippen LogP contribution in [0.1, 0.15) is 31.8 Å². The highest BCUT2D eigenvalue weighted by Gasteiger charge is 2.18. The van der Waals surface area contributed by atoms with Gasteiger partial charge in [-0.3, -0.25) is 9.59 Å². The number of hydrogen-bond donors (Lipinski definition) is 0. The number of rotatable bonds is 6. The van der Waals surface area contributed by atoms with Crippen LogP contribution in [0.2, 0.25) is 0 Å². The third kappa shape index (κ3) is 3.70. The second-order valence-electron chi connectivity index (χ2n) is 7.65. The summed E-state index contributed by atoms with van der Waals surface area (Å²) in [5.41, 5.74) is -0.176. The van der Waals surface area contributed by atoms with E-state index in [1.54, 1.807) is 20.8 Å². The van der Waals surface area contributed by atoms with Crippen LogP contribution < -0.4 is 11.1 Å². The first-order valence-corrected chi connectivity index (χ1v) is 10.0. The van der Waals surface area contributed by atoms with Gasteiger partial charge >= 0.3 is 0 Å². The summed E-state index contributed by atoms with van der Waals surface area (Å²) in [5, 5.41) is 40.2. The third-order valence-corrected chi connectivity index (χ3v) is 5.12. The molecule has 0 N–H and O–H groups in total. The molecule has 0 saturated heterocycles. The maximum absolute atomic E-state index is 13.1. The Morgan fingerprint density at radius 1 is 0.788 bits per heavy atom. The average molecular weight is 450 g/mol. The second-order valence-corrected chi connectivity index (χ2v) is 7.65. The quantitative estimate of drug-likeness (QED) is 0.279. The zero-order valence-electron chi connectivity index (χ0n) is 17.9. The smallest absolute Gasteiger partial charge is 0.267 e. The van der Waals surface area contributed by atoms with Gasteiger partial charge < -0.3 is 0 Å². The topological polar surface area (TPSA) is 183 Å². The van der Waals surface area contributed by atoms with Gasteiger partial charge in [-0.1, -0.05) is 10.4 Å². The lowest BCUT2D eigenvalue weighted by Gasteiger charge is -2.13. The van der Waals surface area contributed by atoms with Crippen LogP contribution in [0.25, 0.3) is 21.8 Å². The molecule has 0 saturated carbocycles. The van der Waals surface area contributed by atoms with Gasteiger partial charge in [-0.15, -0.1) is 30.6 Å². The molecule has 0 radical (unpaired) electrons. The van der Waals surface area contributed by atoms with Crippen LogP contribution in [0, 0.1) is 6.92 Å². The second kappa shape index (κ2) is 7.88. The first-order chi connectivity index (χ1) is 15.9. The Balaban J connectivity index is 1.52. The Hall–Kier alpha value is -4.50. The Morgan fingerprint density at radius 3 is 1.85 bits per heavy atom. The third-order valence-electron chi connectivity index (χ3n) is 5.12. The van der Waals surface area contributed by atoms with Crippen molar-refractivity contribution in [1.29, 1.82) is 0 Å². The molecule has 0 aliphatic rings. The van der Waals surface area contributed by atoms with Crippen LogP contribution in [-0.2, 0) is 13.1 Å². The van der Waals surface area contributed by atoms with E-state index in [4.69, 9.17) is 0 Å². The summed E-state index contributed by atoms with van der Waals surface area (Å²) in [4.78, 5) is 28.9. The first kappa shape index (κ1) is 20.4. The summed E-state index contributed by atoms with van der Waals surface area (Å²) in [6, 6.07) is 2.24. The molecule has 0 aliphatic carbocycles. The fourth-order valence-electron chi connectivity index (χ4n) is 3.48. The summed E-state index contributed by atoms with van der Waals surface area (Å²) in [5.74, 6) is 0.529. The van der Waals surface area contributed by atoms with Gasteiger partial charge in [-0.2, -0.15) is 9.59 Å². The van der Waals surface area contributed by atoms with Crippen molar-refractivity contribution in [3.05, 3.63) is 45.0 Å². The van der Waals surface area contributed by atoms with E-state index in [2.05, 4.69) is 51.4 Å². The first-order valence-electron chi connectivity index (χ1n) is 10.0. The van der Waals surface area contributed by atoms with Crippen LogP contribution in [0.4, 0.5) is 0 Å². The van der Waals surface area contributed by atoms with E-state index < -0.39 is 0 Å². The molecule has 168 valence electrons. The van der Waals surface area contributed by atoms with Crippen LogP contribution in [0.15, 0.2) is 28.0 Å². The number of aromatic nitrogens is 14. The normalized spacial score (nSPS) is 13.5. The molecule has 0 unspecified atom stereocenters. The van der Waals surface area contributed by atoms with Crippen molar-refractivity contribution < 1.29 is 0 Å². The molecular formula is C17H18N14O2. The molecule has 33 heavy (non-hydrogen) atoms. The minimum atomic E-state index is -0.385. The standard InChI is InChI=1S/C17H18N14O2/c1-9(6-28-19-8-18-24-28)30-16(32)12-4-15-13(5-14(12)21-26-30)17(33)31(27-22-15)10(2)7-29-23-11(3)20-25-29/h4-5,8-10H,6-7H2,1-3H3/t9-,10-/m1/s1. The minimum Gasteiger partial charge on any atom is -0.267 e. The van der Waals surface area contributed by atoms with Gasteiger partial charge in [0, 0.05) is 0 Å². The molecule has 5 rings (SSSR count). The maximum atomic E-state index is 13.1. The SMILES string of the molecule is Cc1nnn(C[C@@H](C)n2nnc3cc4c(=O)n([C@H](C)Cn5ncnn5)nnc4cc3c2=O)n1. The minimum absolute atomic E-state index is 0.276. The highest BCUT2D eigenvalue weighted by atomic mass is 16.1. The fraction of sp³-hybridized carbons (Fsp3) is 0.412. The Labute approximate surface area is 183 Å². The highest BCUT2D eigenvalue weighted by molar-refractivity contribution is 5.93. The molecule has 16 heteroatoms. The van der Waals surface area contributed by atoms with Crippen LogP contribution in [0.3, 0.4) is 0 Å². The van der Waals surface area contributed by atoms with Crippen LogP contribution >= 0.6 is 0 Å². The van der Waals surface area contributed by atoms with Gasteiger partial charge in [0.05, 0.1) is 35.9 Å². The number of tetrazole rings is 2. The van der Waals surface area contributed by atoms with Gasteiger partial charge in [0.15, 0.2) is 12.2 Å². The lowest BCUT2D eigenvalue weighted by Crippen LogP contribution is -2.31. The van der Waals surface area contributed by atoms with Crippen molar-refractivity contribution in [2.75, 3.05) is 0 Å². The van der Waals surface area contributed by atoms with E-state index in [9.17, 15) is 9.59 Å². The van der Waals surface area contributed by atoms with Gasteiger partial charge in [0.1, 0.15) is 11.0 Å². The van der Waals surface area contributed by atoms with Gasteiger partial charge in [0.25, 0.3) is 11.1 Å². The molecule has 0 aliphatic heterocycles. The van der Waals surface area contributed by atoms with E-state index in [-0.39, 0.29) is 58.1 Å². The van der Waals surface area contributed by atoms with E-state index in [0.29, 0.717) is 5.82 Å². The van der Waals surface area contributed by atoms with Gasteiger partial charge in [-0.25, -0.2) is 9.36 Å². The average Bonchev–Trinajstić information content (AvgIpc) is 3.45. The zero-order valence-corrected chi connectivity index (χ0v) is 17.9. The molecule has 4 aromatic heterocycles. The Bertz CT molecular complexity index is 1570. The number of aryl methyl sites for hydroxylation is 1. The van der Waals surface area contributed by atoms with Gasteiger partial charge in [-0.05, 0) is 43.3 Å². The Morgan fingerprint density at radius 2 is 1.36 bits per heavy atom.